The summed E-state index contributed by atoms with van der Waals surface area (Å²) in [5, 5.41) is 11.8. The molecule has 0 unspecified atom stereocenters. The first-order chi connectivity index (χ1) is 27.9. The molecule has 0 spiro atoms. The largest absolute Gasteiger partial charge is 0.494 e. The number of unbranched alkanes of at least 4 members (excludes halogenated alkanes) is 19. The molecule has 0 fully saturated rings. The van der Waals surface area contributed by atoms with Crippen molar-refractivity contribution >= 4 is 29.6 Å². The second kappa shape index (κ2) is 29.5. The fourth-order valence-electron chi connectivity index (χ4n) is 6.56. The molecule has 0 saturated carbocycles. The topological polar surface area (TPSA) is 105 Å². The third kappa shape index (κ3) is 20.9. The van der Waals surface area contributed by atoms with Crippen molar-refractivity contribution in [2.24, 2.45) is 0 Å². The number of allylic oxidation sites excluding steroid dienone is 1. The van der Waals surface area contributed by atoms with E-state index in [-0.39, 0.29) is 11.3 Å². The van der Waals surface area contributed by atoms with Crippen LogP contribution in [0.15, 0.2) is 78.9 Å². The predicted octanol–water partition coefficient (Wildman–Crippen LogP) is 14.1. The van der Waals surface area contributed by atoms with Gasteiger partial charge in [-0.3, -0.25) is 14.9 Å². The molecular weight excluding hydrogens is 715 g/mol. The average molecular weight is 782 g/mol. The summed E-state index contributed by atoms with van der Waals surface area (Å²) in [6, 6.07) is 18.6. The van der Waals surface area contributed by atoms with Gasteiger partial charge in [-0.25, -0.2) is 4.79 Å². The smallest absolute Gasteiger partial charge is 0.336 e. The molecule has 8 nitrogen and oxygen atoms in total. The average Bonchev–Trinajstić information content (AvgIpc) is 3.22. The zero-order chi connectivity index (χ0) is 40.8. The molecule has 0 N–H and O–H groups in total. The van der Waals surface area contributed by atoms with E-state index in [9.17, 15) is 19.7 Å². The van der Waals surface area contributed by atoms with Gasteiger partial charge in [0.1, 0.15) is 11.5 Å². The number of rotatable bonds is 32. The van der Waals surface area contributed by atoms with E-state index in [2.05, 4.69) is 13.8 Å². The highest BCUT2D eigenvalue weighted by molar-refractivity contribution is 6.07. The first kappa shape index (κ1) is 46.7. The number of ketones is 1. The second-order valence-electron chi connectivity index (χ2n) is 14.9. The standard InChI is InChI=1S/C49H67NO7/c1-3-5-7-9-10-11-12-13-14-15-16-17-18-19-21-23-39-56-45-33-26-42(27-34-45)29-37-49(52)57-48-36-30-43(40-46(48)50(53)54)47(51)35-28-41-24-31-44(32-25-41)55-38-22-20-8-6-4-2/h24-37,40H,3-23,38-39H2,1-2H3/b35-28+,37-29+. The van der Waals surface area contributed by atoms with E-state index >= 15 is 0 Å². The van der Waals surface area contributed by atoms with Crippen LogP contribution in [-0.4, -0.2) is 29.9 Å². The molecule has 310 valence electrons. The predicted molar refractivity (Wildman–Crippen MR) is 233 cm³/mol. The summed E-state index contributed by atoms with van der Waals surface area (Å²) in [5.41, 5.74) is 1.17. The Morgan fingerprint density at radius 2 is 0.947 bits per heavy atom. The Balaban J connectivity index is 1.32. The van der Waals surface area contributed by atoms with Gasteiger partial charge >= 0.3 is 11.7 Å². The number of hydrogen-bond donors (Lipinski definition) is 0. The van der Waals surface area contributed by atoms with Crippen molar-refractivity contribution < 1.29 is 28.7 Å². The fourth-order valence-corrected chi connectivity index (χ4v) is 6.56. The first-order valence-electron chi connectivity index (χ1n) is 21.8. The van der Waals surface area contributed by atoms with E-state index in [1.54, 1.807) is 12.2 Å². The zero-order valence-corrected chi connectivity index (χ0v) is 34.7. The molecule has 0 atom stereocenters. The monoisotopic (exact) mass is 781 g/mol. The minimum absolute atomic E-state index is 0.105. The molecule has 3 rings (SSSR count). The van der Waals surface area contributed by atoms with Gasteiger partial charge < -0.3 is 14.2 Å². The molecule has 0 amide bonds. The molecule has 0 bridgehead atoms. The van der Waals surface area contributed by atoms with Gasteiger partial charge in [-0.15, -0.1) is 0 Å². The number of esters is 1. The van der Waals surface area contributed by atoms with Crippen molar-refractivity contribution in [1.82, 2.24) is 0 Å². The summed E-state index contributed by atoms with van der Waals surface area (Å²) >= 11 is 0. The lowest BCUT2D eigenvalue weighted by Gasteiger charge is -2.07. The van der Waals surface area contributed by atoms with E-state index in [1.165, 1.54) is 140 Å². The number of carbonyl (C=O) groups excluding carboxylic acids is 2. The van der Waals surface area contributed by atoms with Gasteiger partial charge in [-0.05, 0) is 72.5 Å². The Morgan fingerprint density at radius 3 is 1.37 bits per heavy atom. The summed E-state index contributed by atoms with van der Waals surface area (Å²) in [6.07, 6.45) is 33.0. The van der Waals surface area contributed by atoms with Crippen LogP contribution in [-0.2, 0) is 4.79 Å². The van der Waals surface area contributed by atoms with E-state index in [0.717, 1.165) is 48.0 Å². The van der Waals surface area contributed by atoms with Crippen LogP contribution in [0.2, 0.25) is 0 Å². The third-order valence-corrected chi connectivity index (χ3v) is 10.0. The maximum absolute atomic E-state index is 12.9. The Morgan fingerprint density at radius 1 is 0.544 bits per heavy atom. The van der Waals surface area contributed by atoms with E-state index in [0.29, 0.717) is 13.2 Å². The van der Waals surface area contributed by atoms with Crippen molar-refractivity contribution in [2.75, 3.05) is 13.2 Å². The lowest BCUT2D eigenvalue weighted by molar-refractivity contribution is -0.385. The molecule has 0 aliphatic carbocycles. The van der Waals surface area contributed by atoms with Crippen LogP contribution in [0.3, 0.4) is 0 Å². The van der Waals surface area contributed by atoms with Gasteiger partial charge in [0, 0.05) is 17.7 Å². The summed E-state index contributed by atoms with van der Waals surface area (Å²) in [4.78, 5) is 36.6. The van der Waals surface area contributed by atoms with Crippen LogP contribution < -0.4 is 14.2 Å². The molecule has 0 heterocycles. The summed E-state index contributed by atoms with van der Waals surface area (Å²) in [5.74, 6) is 0.102. The quantitative estimate of drug-likeness (QED) is 0.0118. The van der Waals surface area contributed by atoms with Crippen molar-refractivity contribution in [3.05, 3.63) is 106 Å². The number of ether oxygens (including phenoxy) is 3. The van der Waals surface area contributed by atoms with Crippen molar-refractivity contribution in [1.29, 1.82) is 0 Å². The third-order valence-electron chi connectivity index (χ3n) is 10.0. The normalized spacial score (nSPS) is 11.3. The maximum Gasteiger partial charge on any atom is 0.336 e. The van der Waals surface area contributed by atoms with Crippen LogP contribution in [0.4, 0.5) is 5.69 Å². The van der Waals surface area contributed by atoms with Crippen molar-refractivity contribution in [2.45, 2.75) is 149 Å². The zero-order valence-electron chi connectivity index (χ0n) is 34.7. The van der Waals surface area contributed by atoms with Crippen LogP contribution in [0, 0.1) is 10.1 Å². The van der Waals surface area contributed by atoms with Crippen LogP contribution in [0.1, 0.15) is 170 Å². The number of carbonyl (C=O) groups is 2. The van der Waals surface area contributed by atoms with Gasteiger partial charge in [-0.1, -0.05) is 166 Å². The highest BCUT2D eigenvalue weighted by atomic mass is 16.6. The van der Waals surface area contributed by atoms with Crippen molar-refractivity contribution in [3.63, 3.8) is 0 Å². The van der Waals surface area contributed by atoms with E-state index in [4.69, 9.17) is 14.2 Å². The minimum Gasteiger partial charge on any atom is -0.494 e. The Bertz CT molecular complexity index is 1630. The van der Waals surface area contributed by atoms with Gasteiger partial charge in [0.05, 0.1) is 18.1 Å². The molecule has 0 radical (unpaired) electrons. The number of benzene rings is 3. The number of hydrogen-bond acceptors (Lipinski definition) is 7. The lowest BCUT2D eigenvalue weighted by atomic mass is 10.0. The van der Waals surface area contributed by atoms with E-state index < -0.39 is 22.4 Å². The number of nitro groups is 1. The van der Waals surface area contributed by atoms with Gasteiger partial charge in [0.25, 0.3) is 0 Å². The highest BCUT2D eigenvalue weighted by Gasteiger charge is 2.20. The maximum atomic E-state index is 12.9. The SMILES string of the molecule is CCCCCCCCCCCCCCCCCCOc1ccc(/C=C/C(=O)Oc2ccc(C(=O)/C=C/c3ccc(OCCCCCCC)cc3)cc2[N+](=O)[O-])cc1. The van der Waals surface area contributed by atoms with Gasteiger partial charge in [0.15, 0.2) is 5.78 Å². The molecular formula is C49H67NO7. The number of nitro benzene ring substituents is 1. The molecule has 8 heteroatoms. The fraction of sp³-hybridized carbons (Fsp3) is 0.510. The molecule has 3 aromatic rings. The molecule has 0 aromatic heterocycles. The van der Waals surface area contributed by atoms with Gasteiger partial charge in [0.2, 0.25) is 5.75 Å². The van der Waals surface area contributed by atoms with Crippen LogP contribution >= 0.6 is 0 Å². The summed E-state index contributed by atoms with van der Waals surface area (Å²) in [6.45, 7) is 5.80. The molecule has 0 aliphatic rings. The van der Waals surface area contributed by atoms with Crippen LogP contribution in [0.5, 0.6) is 17.2 Å². The lowest BCUT2D eigenvalue weighted by Crippen LogP contribution is -2.07. The Hall–Kier alpha value is -4.72. The Labute approximate surface area is 342 Å². The Kier molecular flexibility index (Phi) is 24.2. The van der Waals surface area contributed by atoms with Gasteiger partial charge in [-0.2, -0.15) is 0 Å². The molecule has 3 aromatic carbocycles. The minimum atomic E-state index is -0.773. The molecule has 0 saturated heterocycles. The summed E-state index contributed by atoms with van der Waals surface area (Å²) < 4.78 is 17.0. The second-order valence-corrected chi connectivity index (χ2v) is 14.9. The first-order valence-corrected chi connectivity index (χ1v) is 21.8. The van der Waals surface area contributed by atoms with Crippen molar-refractivity contribution in [3.8, 4) is 17.2 Å². The van der Waals surface area contributed by atoms with E-state index in [1.807, 2.05) is 48.5 Å². The summed E-state index contributed by atoms with van der Waals surface area (Å²) in [7, 11) is 0. The van der Waals surface area contributed by atoms with Crippen LogP contribution in [0.25, 0.3) is 12.2 Å². The number of nitrogens with zero attached hydrogens (tertiary/aromatic N) is 1. The molecule has 0 aliphatic heterocycles. The molecule has 57 heavy (non-hydrogen) atoms. The highest BCUT2D eigenvalue weighted by Crippen LogP contribution is 2.29.